The number of non-ortho nitro benzene ring substituents is 1. The van der Waals surface area contributed by atoms with E-state index in [9.17, 15) is 14.9 Å². The number of hydrogen-bond acceptors (Lipinski definition) is 4. The predicted molar refractivity (Wildman–Crippen MR) is 51.0 cm³/mol. The molecule has 0 spiro atoms. The normalized spacial score (nSPS) is 9.86. The van der Waals surface area contributed by atoms with Gasteiger partial charge in [0.25, 0.3) is 5.69 Å². The number of nitrogens with two attached hydrogens (primary N) is 1. The lowest BCUT2D eigenvalue weighted by Gasteiger charge is -2.00. The molecule has 5 heteroatoms. The highest BCUT2D eigenvalue weighted by Crippen LogP contribution is 2.17. The van der Waals surface area contributed by atoms with E-state index in [-0.39, 0.29) is 18.0 Å². The zero-order chi connectivity index (χ0) is 10.7. The third-order valence-corrected chi connectivity index (χ3v) is 1.83. The molecule has 0 saturated carbocycles. The summed E-state index contributed by atoms with van der Waals surface area (Å²) in [7, 11) is 0. The van der Waals surface area contributed by atoms with Crippen LogP contribution in [0, 0.1) is 10.1 Å². The Morgan fingerprint density at radius 2 is 2.14 bits per heavy atom. The first-order valence-electron chi connectivity index (χ1n) is 4.04. The van der Waals surface area contributed by atoms with Gasteiger partial charge in [-0.05, 0) is 18.6 Å². The van der Waals surface area contributed by atoms with Crippen LogP contribution in [0.4, 0.5) is 5.69 Å². The average Bonchev–Trinajstić information content (AvgIpc) is 2.16. The maximum Gasteiger partial charge on any atom is 0.270 e. The van der Waals surface area contributed by atoms with Crippen molar-refractivity contribution < 1.29 is 9.72 Å². The number of nitro benzene ring substituents is 1. The van der Waals surface area contributed by atoms with E-state index in [0.717, 1.165) is 0 Å². The molecule has 5 nitrogen and oxygen atoms in total. The molecule has 0 aliphatic carbocycles. The summed E-state index contributed by atoms with van der Waals surface area (Å²) in [4.78, 5) is 21.0. The van der Waals surface area contributed by atoms with Gasteiger partial charge in [0.1, 0.15) is 0 Å². The topological polar surface area (TPSA) is 86.2 Å². The minimum atomic E-state index is -0.536. The van der Waals surface area contributed by atoms with Gasteiger partial charge in [-0.2, -0.15) is 0 Å². The Bertz CT molecular complexity index is 355. The second kappa shape index (κ2) is 3.97. The van der Waals surface area contributed by atoms with E-state index < -0.39 is 4.92 Å². The van der Waals surface area contributed by atoms with Crippen molar-refractivity contribution in [2.45, 2.75) is 13.5 Å². The molecule has 0 radical (unpaired) electrons. The fourth-order valence-corrected chi connectivity index (χ4v) is 1.10. The lowest BCUT2D eigenvalue weighted by atomic mass is 10.1. The highest BCUT2D eigenvalue weighted by molar-refractivity contribution is 5.94. The van der Waals surface area contributed by atoms with Crippen molar-refractivity contribution in [2.24, 2.45) is 5.73 Å². The molecule has 1 rings (SSSR count). The summed E-state index contributed by atoms with van der Waals surface area (Å²) >= 11 is 0. The summed E-state index contributed by atoms with van der Waals surface area (Å²) in [6.07, 6.45) is 0. The Balaban J connectivity index is 3.27. The average molecular weight is 194 g/mol. The molecule has 0 aliphatic rings. The SMILES string of the molecule is CC(=O)c1cc(CN)cc([N+](=O)[O-])c1. The van der Waals surface area contributed by atoms with Crippen molar-refractivity contribution in [3.8, 4) is 0 Å². The van der Waals surface area contributed by atoms with E-state index in [0.29, 0.717) is 11.1 Å². The van der Waals surface area contributed by atoms with E-state index in [1.807, 2.05) is 0 Å². The van der Waals surface area contributed by atoms with Crippen molar-refractivity contribution in [3.63, 3.8) is 0 Å². The highest BCUT2D eigenvalue weighted by atomic mass is 16.6. The quantitative estimate of drug-likeness (QED) is 0.445. The fraction of sp³-hybridized carbons (Fsp3) is 0.222. The van der Waals surface area contributed by atoms with Gasteiger partial charge in [-0.25, -0.2) is 0 Å². The number of carbonyl (C=O) groups excluding carboxylic acids is 1. The molecule has 0 unspecified atom stereocenters. The van der Waals surface area contributed by atoms with Gasteiger partial charge >= 0.3 is 0 Å². The summed E-state index contributed by atoms with van der Waals surface area (Å²) in [5.41, 5.74) is 6.16. The predicted octanol–water partition coefficient (Wildman–Crippen LogP) is 1.26. The maximum absolute atomic E-state index is 11.0. The van der Waals surface area contributed by atoms with Crippen molar-refractivity contribution in [1.29, 1.82) is 0 Å². The summed E-state index contributed by atoms with van der Waals surface area (Å²) < 4.78 is 0. The number of carbonyl (C=O) groups is 1. The van der Waals surface area contributed by atoms with E-state index in [4.69, 9.17) is 5.73 Å². The number of rotatable bonds is 3. The molecule has 0 atom stereocenters. The van der Waals surface area contributed by atoms with Crippen LogP contribution < -0.4 is 5.73 Å². The van der Waals surface area contributed by atoms with Gasteiger partial charge in [-0.15, -0.1) is 0 Å². The molecule has 0 amide bonds. The van der Waals surface area contributed by atoms with Crippen LogP contribution in [0.2, 0.25) is 0 Å². The molecular weight excluding hydrogens is 184 g/mol. The monoisotopic (exact) mass is 194 g/mol. The Morgan fingerprint density at radius 1 is 1.50 bits per heavy atom. The van der Waals surface area contributed by atoms with Gasteiger partial charge in [0, 0.05) is 24.2 Å². The number of ketones is 1. The van der Waals surface area contributed by atoms with Crippen LogP contribution in [0.15, 0.2) is 18.2 Å². The largest absolute Gasteiger partial charge is 0.326 e. The van der Waals surface area contributed by atoms with Gasteiger partial charge in [-0.3, -0.25) is 14.9 Å². The van der Waals surface area contributed by atoms with E-state index in [1.165, 1.54) is 19.1 Å². The first-order valence-corrected chi connectivity index (χ1v) is 4.04. The van der Waals surface area contributed by atoms with Crippen LogP contribution in [0.5, 0.6) is 0 Å². The van der Waals surface area contributed by atoms with Crippen LogP contribution in [0.3, 0.4) is 0 Å². The van der Waals surface area contributed by atoms with Crippen LogP contribution in [0.1, 0.15) is 22.8 Å². The van der Waals surface area contributed by atoms with Crippen LogP contribution >= 0.6 is 0 Å². The van der Waals surface area contributed by atoms with Crippen molar-refractivity contribution in [3.05, 3.63) is 39.4 Å². The minimum absolute atomic E-state index is 0.0989. The summed E-state index contributed by atoms with van der Waals surface area (Å²) in [5, 5.41) is 10.5. The highest BCUT2D eigenvalue weighted by Gasteiger charge is 2.11. The summed E-state index contributed by atoms with van der Waals surface area (Å²) in [5.74, 6) is -0.205. The Kier molecular flexibility index (Phi) is 2.93. The van der Waals surface area contributed by atoms with Gasteiger partial charge in [-0.1, -0.05) is 0 Å². The summed E-state index contributed by atoms with van der Waals surface area (Å²) in [6, 6.07) is 4.18. The van der Waals surface area contributed by atoms with E-state index in [2.05, 4.69) is 0 Å². The maximum atomic E-state index is 11.0. The lowest BCUT2D eigenvalue weighted by molar-refractivity contribution is -0.384. The number of nitrogens with zero attached hydrogens (tertiary/aromatic N) is 1. The van der Waals surface area contributed by atoms with Gasteiger partial charge in [0.05, 0.1) is 4.92 Å². The third kappa shape index (κ3) is 2.14. The molecule has 0 saturated heterocycles. The third-order valence-electron chi connectivity index (χ3n) is 1.83. The van der Waals surface area contributed by atoms with Crippen LogP contribution in [-0.4, -0.2) is 10.7 Å². The Morgan fingerprint density at radius 3 is 2.57 bits per heavy atom. The molecule has 2 N–H and O–H groups in total. The molecule has 0 fully saturated rings. The Labute approximate surface area is 80.7 Å². The van der Waals surface area contributed by atoms with Crippen molar-refractivity contribution in [2.75, 3.05) is 0 Å². The molecular formula is C9H10N2O3. The zero-order valence-corrected chi connectivity index (χ0v) is 7.69. The molecule has 1 aromatic carbocycles. The van der Waals surface area contributed by atoms with E-state index >= 15 is 0 Å². The fourth-order valence-electron chi connectivity index (χ4n) is 1.10. The standard InChI is InChI=1S/C9H10N2O3/c1-6(12)8-2-7(5-10)3-9(4-8)11(13)14/h2-4H,5,10H2,1H3. The zero-order valence-electron chi connectivity index (χ0n) is 7.69. The molecule has 0 heterocycles. The van der Waals surface area contributed by atoms with Gasteiger partial charge < -0.3 is 5.73 Å². The van der Waals surface area contributed by atoms with Crippen LogP contribution in [-0.2, 0) is 6.54 Å². The molecule has 0 aliphatic heterocycles. The van der Waals surface area contributed by atoms with Gasteiger partial charge in [0.15, 0.2) is 5.78 Å². The van der Waals surface area contributed by atoms with E-state index in [1.54, 1.807) is 6.07 Å². The van der Waals surface area contributed by atoms with Crippen LogP contribution in [0.25, 0.3) is 0 Å². The van der Waals surface area contributed by atoms with Gasteiger partial charge in [0.2, 0.25) is 0 Å². The second-order valence-electron chi connectivity index (χ2n) is 2.91. The second-order valence-corrected chi connectivity index (χ2v) is 2.91. The number of benzene rings is 1. The lowest BCUT2D eigenvalue weighted by Crippen LogP contribution is -2.02. The van der Waals surface area contributed by atoms with Crippen molar-refractivity contribution >= 4 is 11.5 Å². The molecule has 0 bridgehead atoms. The number of hydrogen-bond donors (Lipinski definition) is 1. The minimum Gasteiger partial charge on any atom is -0.326 e. The first-order chi connectivity index (χ1) is 6.54. The molecule has 0 aromatic heterocycles. The first kappa shape index (κ1) is 10.3. The molecule has 74 valence electrons. The number of nitro groups is 1. The summed E-state index contributed by atoms with van der Waals surface area (Å²) in [6.45, 7) is 1.54. The number of Topliss-reactive ketones (excluding diaryl/α,β-unsaturated/α-hetero) is 1. The smallest absolute Gasteiger partial charge is 0.270 e. The Hall–Kier alpha value is -1.75. The molecule has 14 heavy (non-hydrogen) atoms. The molecule has 1 aromatic rings. The van der Waals surface area contributed by atoms with Crippen molar-refractivity contribution in [1.82, 2.24) is 0 Å².